The SMILES string of the molecule is NC(=O)C1(N2CCCCC2)CCN(CCCC(=O)c2ccc(F)cc2)CC1.O=C(Cl)c1ccc(Cl)cc1. The van der Waals surface area contributed by atoms with E-state index in [1.807, 2.05) is 0 Å². The second kappa shape index (κ2) is 14.0. The third-order valence-corrected chi connectivity index (χ3v) is 7.69. The van der Waals surface area contributed by atoms with Gasteiger partial charge in [0.2, 0.25) is 5.91 Å². The van der Waals surface area contributed by atoms with E-state index in [2.05, 4.69) is 9.80 Å². The molecule has 0 aromatic heterocycles. The Hall–Kier alpha value is -2.32. The van der Waals surface area contributed by atoms with Gasteiger partial charge in [0.05, 0.1) is 0 Å². The number of nitrogens with zero attached hydrogens (tertiary/aromatic N) is 2. The van der Waals surface area contributed by atoms with E-state index in [0.29, 0.717) is 22.6 Å². The van der Waals surface area contributed by atoms with Crippen LogP contribution in [-0.2, 0) is 4.79 Å². The molecule has 0 bridgehead atoms. The minimum atomic E-state index is -0.485. The second-order valence-corrected chi connectivity index (χ2v) is 10.4. The van der Waals surface area contributed by atoms with Crippen molar-refractivity contribution in [3.63, 3.8) is 0 Å². The lowest BCUT2D eigenvalue weighted by molar-refractivity contribution is -0.134. The summed E-state index contributed by atoms with van der Waals surface area (Å²) < 4.78 is 12.9. The maximum atomic E-state index is 12.9. The molecule has 0 spiro atoms. The van der Waals surface area contributed by atoms with Gasteiger partial charge in [0.25, 0.3) is 5.24 Å². The first-order valence-electron chi connectivity index (χ1n) is 12.7. The molecule has 200 valence electrons. The van der Waals surface area contributed by atoms with Crippen molar-refractivity contribution < 1.29 is 18.8 Å². The fourth-order valence-corrected chi connectivity index (χ4v) is 5.26. The van der Waals surface area contributed by atoms with Gasteiger partial charge in [0.1, 0.15) is 11.4 Å². The van der Waals surface area contributed by atoms with Gasteiger partial charge in [0.15, 0.2) is 5.78 Å². The Labute approximate surface area is 227 Å². The third kappa shape index (κ3) is 8.34. The predicted octanol–water partition coefficient (Wildman–Crippen LogP) is 5.31. The Morgan fingerprint density at radius 1 is 0.865 bits per heavy atom. The highest BCUT2D eigenvalue weighted by Crippen LogP contribution is 2.31. The molecule has 2 aliphatic heterocycles. The number of primary amides is 1. The first-order chi connectivity index (χ1) is 17.7. The van der Waals surface area contributed by atoms with Gasteiger partial charge in [-0.25, -0.2) is 4.39 Å². The van der Waals surface area contributed by atoms with Crippen molar-refractivity contribution in [2.24, 2.45) is 5.73 Å². The second-order valence-electron chi connectivity index (χ2n) is 9.60. The molecule has 0 aliphatic carbocycles. The Morgan fingerprint density at radius 3 is 1.97 bits per heavy atom. The fourth-order valence-electron chi connectivity index (χ4n) is 5.01. The third-order valence-electron chi connectivity index (χ3n) is 7.22. The normalized spacial score (nSPS) is 17.9. The molecule has 2 heterocycles. The zero-order chi connectivity index (χ0) is 26.8. The average Bonchev–Trinajstić information content (AvgIpc) is 2.90. The molecule has 2 N–H and O–H groups in total. The summed E-state index contributed by atoms with van der Waals surface area (Å²) >= 11 is 10.7. The molecule has 0 saturated carbocycles. The van der Waals surface area contributed by atoms with Crippen LogP contribution in [0.5, 0.6) is 0 Å². The lowest BCUT2D eigenvalue weighted by Crippen LogP contribution is -2.63. The number of halogens is 3. The number of benzene rings is 2. The van der Waals surface area contributed by atoms with Crippen molar-refractivity contribution in [1.82, 2.24) is 9.80 Å². The maximum absolute atomic E-state index is 12.9. The van der Waals surface area contributed by atoms with E-state index in [9.17, 15) is 18.8 Å². The Kier molecular flexibility index (Phi) is 11.1. The largest absolute Gasteiger partial charge is 0.368 e. The van der Waals surface area contributed by atoms with Crippen molar-refractivity contribution in [2.75, 3.05) is 32.7 Å². The number of carbonyl (C=O) groups excluding carboxylic acids is 3. The quantitative estimate of drug-likeness (QED) is 0.356. The molecular formula is C28H34Cl2FN3O3. The van der Waals surface area contributed by atoms with E-state index in [0.717, 1.165) is 64.8 Å². The van der Waals surface area contributed by atoms with E-state index in [1.54, 1.807) is 36.4 Å². The molecule has 2 aliphatic rings. The smallest absolute Gasteiger partial charge is 0.252 e. The summed E-state index contributed by atoms with van der Waals surface area (Å²) in [4.78, 5) is 39.6. The van der Waals surface area contributed by atoms with Crippen molar-refractivity contribution in [3.05, 3.63) is 70.5 Å². The van der Waals surface area contributed by atoms with Gasteiger partial charge in [-0.1, -0.05) is 18.0 Å². The van der Waals surface area contributed by atoms with Gasteiger partial charge in [0, 0.05) is 35.7 Å². The van der Waals surface area contributed by atoms with Crippen LogP contribution in [0.25, 0.3) is 0 Å². The minimum Gasteiger partial charge on any atom is -0.368 e. The maximum Gasteiger partial charge on any atom is 0.252 e. The topological polar surface area (TPSA) is 83.7 Å². The van der Waals surface area contributed by atoms with Crippen LogP contribution in [0.3, 0.4) is 0 Å². The number of hydrogen-bond donors (Lipinski definition) is 1. The Balaban J connectivity index is 0.000000319. The monoisotopic (exact) mass is 549 g/mol. The van der Waals surface area contributed by atoms with Crippen LogP contribution in [-0.4, -0.2) is 65.0 Å². The van der Waals surface area contributed by atoms with Crippen molar-refractivity contribution in [3.8, 4) is 0 Å². The number of rotatable bonds is 8. The zero-order valence-corrected chi connectivity index (χ0v) is 22.4. The van der Waals surface area contributed by atoms with Crippen molar-refractivity contribution in [1.29, 1.82) is 0 Å². The molecule has 0 atom stereocenters. The number of likely N-dealkylation sites (tertiary alicyclic amines) is 2. The van der Waals surface area contributed by atoms with Gasteiger partial charge in [-0.05, 0) is 112 Å². The van der Waals surface area contributed by atoms with Crippen LogP contribution >= 0.6 is 23.2 Å². The van der Waals surface area contributed by atoms with Gasteiger partial charge in [-0.15, -0.1) is 0 Å². The highest BCUT2D eigenvalue weighted by Gasteiger charge is 2.44. The molecule has 2 saturated heterocycles. The molecule has 37 heavy (non-hydrogen) atoms. The van der Waals surface area contributed by atoms with E-state index < -0.39 is 10.8 Å². The van der Waals surface area contributed by atoms with Crippen LogP contribution < -0.4 is 5.73 Å². The Bertz CT molecular complexity index is 1050. The highest BCUT2D eigenvalue weighted by molar-refractivity contribution is 6.67. The number of hydrogen-bond acceptors (Lipinski definition) is 5. The molecule has 0 unspecified atom stereocenters. The minimum absolute atomic E-state index is 0.0480. The lowest BCUT2D eigenvalue weighted by Gasteiger charge is -2.48. The molecule has 2 aromatic carbocycles. The van der Waals surface area contributed by atoms with Crippen molar-refractivity contribution >= 4 is 40.1 Å². The summed E-state index contributed by atoms with van der Waals surface area (Å²) in [5, 5.41) is 0.137. The molecule has 2 aromatic rings. The zero-order valence-electron chi connectivity index (χ0n) is 20.9. The number of Topliss-reactive ketones (excluding diaryl/α,β-unsaturated/α-hetero) is 1. The van der Waals surface area contributed by atoms with Gasteiger partial charge in [-0.3, -0.25) is 19.3 Å². The van der Waals surface area contributed by atoms with E-state index in [1.165, 1.54) is 18.6 Å². The molecule has 1 amide bonds. The molecular weight excluding hydrogens is 516 g/mol. The molecule has 0 radical (unpaired) electrons. The average molecular weight is 551 g/mol. The number of ketones is 1. The summed E-state index contributed by atoms with van der Waals surface area (Å²) in [6.45, 7) is 4.44. The molecule has 4 rings (SSSR count). The summed E-state index contributed by atoms with van der Waals surface area (Å²) in [6, 6.07) is 12.1. The predicted molar refractivity (Wildman–Crippen MR) is 145 cm³/mol. The first-order valence-corrected chi connectivity index (χ1v) is 13.5. The first kappa shape index (κ1) is 29.2. The highest BCUT2D eigenvalue weighted by atomic mass is 35.5. The standard InChI is InChI=1S/C21H30FN3O2.C7H4Cl2O/c22-18-8-6-17(7-9-18)19(26)5-4-12-24-15-10-21(11-16-24,20(23)27)25-13-2-1-3-14-25;8-6-3-1-5(2-4-6)7(9)10/h6-9H,1-5,10-16H2,(H2,23,27);1-4H. The van der Waals surface area contributed by atoms with E-state index in [4.69, 9.17) is 28.9 Å². The summed E-state index contributed by atoms with van der Waals surface area (Å²) in [7, 11) is 0. The summed E-state index contributed by atoms with van der Waals surface area (Å²) in [5.41, 5.74) is 6.36. The van der Waals surface area contributed by atoms with Crippen LogP contribution in [0, 0.1) is 5.82 Å². The number of piperidine rings is 2. The van der Waals surface area contributed by atoms with Gasteiger partial charge in [-0.2, -0.15) is 0 Å². The van der Waals surface area contributed by atoms with Crippen LogP contribution in [0.2, 0.25) is 5.02 Å². The van der Waals surface area contributed by atoms with E-state index in [-0.39, 0.29) is 17.5 Å². The number of nitrogens with two attached hydrogens (primary N) is 1. The molecule has 6 nitrogen and oxygen atoms in total. The number of amides is 1. The molecule has 9 heteroatoms. The van der Waals surface area contributed by atoms with Gasteiger partial charge >= 0.3 is 0 Å². The summed E-state index contributed by atoms with van der Waals surface area (Å²) in [5.74, 6) is -0.464. The van der Waals surface area contributed by atoms with Crippen LogP contribution in [0.1, 0.15) is 65.7 Å². The van der Waals surface area contributed by atoms with Crippen LogP contribution in [0.4, 0.5) is 4.39 Å². The van der Waals surface area contributed by atoms with E-state index >= 15 is 0 Å². The lowest BCUT2D eigenvalue weighted by atomic mass is 9.83. The Morgan fingerprint density at radius 2 is 1.43 bits per heavy atom. The van der Waals surface area contributed by atoms with Gasteiger partial charge < -0.3 is 10.6 Å². The summed E-state index contributed by atoms with van der Waals surface area (Å²) in [6.07, 6.45) is 6.29. The van der Waals surface area contributed by atoms with Crippen molar-refractivity contribution in [2.45, 2.75) is 50.5 Å². The number of carbonyl (C=O) groups is 3. The van der Waals surface area contributed by atoms with Crippen LogP contribution in [0.15, 0.2) is 48.5 Å². The fraction of sp³-hybridized carbons (Fsp3) is 0.464. The molecule has 2 fully saturated rings.